The van der Waals surface area contributed by atoms with Crippen LogP contribution in [0.15, 0.2) is 48.5 Å². The minimum atomic E-state index is -0.450. The number of nitrogens with one attached hydrogen (secondary N) is 2. The van der Waals surface area contributed by atoms with Gasteiger partial charge in [0, 0.05) is 5.69 Å². The van der Waals surface area contributed by atoms with Crippen LogP contribution in [0.3, 0.4) is 0 Å². The molecule has 25 heavy (non-hydrogen) atoms. The number of amides is 2. The van der Waals surface area contributed by atoms with Gasteiger partial charge in [0.05, 0.1) is 18.7 Å². The molecule has 0 aliphatic rings. The Labute approximate surface area is 144 Å². The van der Waals surface area contributed by atoms with Gasteiger partial charge in [-0.2, -0.15) is 0 Å². The number of ether oxygens (including phenoxy) is 2. The van der Waals surface area contributed by atoms with Gasteiger partial charge < -0.3 is 20.1 Å². The van der Waals surface area contributed by atoms with E-state index in [-0.39, 0.29) is 18.9 Å². The minimum absolute atomic E-state index is 0.135. The second kappa shape index (κ2) is 9.27. The molecule has 0 radical (unpaired) electrons. The lowest BCUT2D eigenvalue weighted by Gasteiger charge is -2.10. The second-order valence-corrected chi connectivity index (χ2v) is 4.96. The van der Waals surface area contributed by atoms with Gasteiger partial charge in [0.25, 0.3) is 0 Å². The zero-order valence-corrected chi connectivity index (χ0v) is 13.8. The summed E-state index contributed by atoms with van der Waals surface area (Å²) in [5.74, 6) is -0.725. The lowest BCUT2D eigenvalue weighted by atomic mass is 10.2. The van der Waals surface area contributed by atoms with Gasteiger partial charge in [0.15, 0.2) is 11.6 Å². The molecule has 0 aromatic heterocycles. The Balaban J connectivity index is 1.73. The molecule has 6 nitrogen and oxygen atoms in total. The Morgan fingerprint density at radius 1 is 1.08 bits per heavy atom. The summed E-state index contributed by atoms with van der Waals surface area (Å²) in [5.41, 5.74) is 0.937. The molecular weight excluding hydrogens is 327 g/mol. The van der Waals surface area contributed by atoms with Crippen LogP contribution in [0.25, 0.3) is 0 Å². The Morgan fingerprint density at radius 3 is 2.48 bits per heavy atom. The fourth-order valence-electron chi connectivity index (χ4n) is 1.97. The summed E-state index contributed by atoms with van der Waals surface area (Å²) >= 11 is 0. The maximum atomic E-state index is 13.3. The molecule has 0 unspecified atom stereocenters. The van der Waals surface area contributed by atoms with Crippen molar-refractivity contribution in [2.45, 2.75) is 6.92 Å². The number of esters is 1. The quantitative estimate of drug-likeness (QED) is 0.596. The fraction of sp³-hybridized carbons (Fsp3) is 0.222. The van der Waals surface area contributed by atoms with E-state index in [1.807, 2.05) is 0 Å². The van der Waals surface area contributed by atoms with Crippen molar-refractivity contribution in [1.82, 2.24) is 5.32 Å². The Morgan fingerprint density at radius 2 is 1.80 bits per heavy atom. The lowest BCUT2D eigenvalue weighted by Crippen LogP contribution is -2.32. The average molecular weight is 346 g/mol. The maximum Gasteiger partial charge on any atom is 0.338 e. The van der Waals surface area contributed by atoms with Gasteiger partial charge in [-0.05, 0) is 43.3 Å². The number of para-hydroxylation sites is 1. The Bertz CT molecular complexity index is 719. The zero-order valence-electron chi connectivity index (χ0n) is 13.8. The van der Waals surface area contributed by atoms with Crippen molar-refractivity contribution in [2.75, 3.05) is 25.1 Å². The Hall–Kier alpha value is -3.09. The van der Waals surface area contributed by atoms with Crippen LogP contribution in [0.4, 0.5) is 14.9 Å². The first-order chi connectivity index (χ1) is 12.1. The van der Waals surface area contributed by atoms with E-state index in [1.165, 1.54) is 12.1 Å². The van der Waals surface area contributed by atoms with Crippen LogP contribution in [0.2, 0.25) is 0 Å². The minimum Gasteiger partial charge on any atom is -0.489 e. The average Bonchev–Trinajstić information content (AvgIpc) is 2.61. The van der Waals surface area contributed by atoms with Gasteiger partial charge in [-0.3, -0.25) is 0 Å². The second-order valence-electron chi connectivity index (χ2n) is 4.96. The normalized spacial score (nSPS) is 10.0. The van der Waals surface area contributed by atoms with E-state index in [4.69, 9.17) is 9.47 Å². The van der Waals surface area contributed by atoms with E-state index in [9.17, 15) is 14.0 Å². The third-order valence-electron chi connectivity index (χ3n) is 3.14. The molecule has 0 aliphatic heterocycles. The molecule has 0 heterocycles. The highest BCUT2D eigenvalue weighted by Gasteiger charge is 2.07. The van der Waals surface area contributed by atoms with Crippen molar-refractivity contribution in [1.29, 1.82) is 0 Å². The van der Waals surface area contributed by atoms with Crippen molar-refractivity contribution in [3.05, 3.63) is 59.9 Å². The van der Waals surface area contributed by atoms with Crippen molar-refractivity contribution in [2.24, 2.45) is 0 Å². The van der Waals surface area contributed by atoms with Crippen LogP contribution < -0.4 is 15.4 Å². The van der Waals surface area contributed by atoms with Gasteiger partial charge in [-0.25, -0.2) is 14.0 Å². The van der Waals surface area contributed by atoms with Crippen LogP contribution in [-0.2, 0) is 4.74 Å². The highest BCUT2D eigenvalue weighted by molar-refractivity contribution is 5.92. The number of halogens is 1. The van der Waals surface area contributed by atoms with E-state index in [0.717, 1.165) is 0 Å². The Kier molecular flexibility index (Phi) is 6.76. The lowest BCUT2D eigenvalue weighted by molar-refractivity contribution is 0.0526. The molecular formula is C18H19FN2O4. The summed E-state index contributed by atoms with van der Waals surface area (Å²) in [6.07, 6.45) is 0. The van der Waals surface area contributed by atoms with Crippen LogP contribution in [0.1, 0.15) is 17.3 Å². The van der Waals surface area contributed by atoms with E-state index in [0.29, 0.717) is 17.9 Å². The number of carbonyl (C=O) groups is 2. The molecule has 0 bridgehead atoms. The standard InChI is InChI=1S/C18H19FN2O4/c1-2-24-17(22)13-7-9-14(10-8-13)21-18(23)20-11-12-25-16-6-4-3-5-15(16)19/h3-10H,2,11-12H2,1H3,(H2,20,21,23). The molecule has 0 saturated carbocycles. The summed E-state index contributed by atoms with van der Waals surface area (Å²) in [4.78, 5) is 23.3. The predicted molar refractivity (Wildman–Crippen MR) is 91.3 cm³/mol. The van der Waals surface area contributed by atoms with Crippen molar-refractivity contribution < 1.29 is 23.5 Å². The smallest absolute Gasteiger partial charge is 0.338 e. The van der Waals surface area contributed by atoms with Crippen LogP contribution in [0.5, 0.6) is 5.75 Å². The fourth-order valence-corrected chi connectivity index (χ4v) is 1.97. The van der Waals surface area contributed by atoms with Gasteiger partial charge in [-0.15, -0.1) is 0 Å². The first-order valence-electron chi connectivity index (χ1n) is 7.79. The molecule has 132 valence electrons. The van der Waals surface area contributed by atoms with Gasteiger partial charge in [0.1, 0.15) is 6.61 Å². The summed E-state index contributed by atoms with van der Waals surface area (Å²) in [6, 6.07) is 11.9. The number of carbonyl (C=O) groups excluding carboxylic acids is 2. The van der Waals surface area contributed by atoms with Crippen LogP contribution in [-0.4, -0.2) is 31.8 Å². The van der Waals surface area contributed by atoms with Crippen LogP contribution in [0, 0.1) is 5.82 Å². The van der Waals surface area contributed by atoms with Crippen molar-refractivity contribution in [3.8, 4) is 5.75 Å². The maximum absolute atomic E-state index is 13.3. The summed E-state index contributed by atoms with van der Waals surface area (Å²) in [5, 5.41) is 5.21. The summed E-state index contributed by atoms with van der Waals surface area (Å²) in [6.45, 7) is 2.38. The van der Waals surface area contributed by atoms with Crippen molar-refractivity contribution in [3.63, 3.8) is 0 Å². The first-order valence-corrected chi connectivity index (χ1v) is 7.79. The first kappa shape index (κ1) is 18.3. The number of anilines is 1. The zero-order chi connectivity index (χ0) is 18.1. The van der Waals surface area contributed by atoms with Gasteiger partial charge in [-0.1, -0.05) is 12.1 Å². The molecule has 2 aromatic rings. The molecule has 2 aromatic carbocycles. The SMILES string of the molecule is CCOC(=O)c1ccc(NC(=O)NCCOc2ccccc2F)cc1. The van der Waals surface area contributed by atoms with E-state index in [1.54, 1.807) is 43.3 Å². The molecule has 0 saturated heterocycles. The monoisotopic (exact) mass is 346 g/mol. The van der Waals surface area contributed by atoms with Crippen molar-refractivity contribution >= 4 is 17.7 Å². The van der Waals surface area contributed by atoms with Crippen LogP contribution >= 0.6 is 0 Å². The van der Waals surface area contributed by atoms with E-state index >= 15 is 0 Å². The van der Waals surface area contributed by atoms with E-state index in [2.05, 4.69) is 10.6 Å². The molecule has 0 aliphatic carbocycles. The molecule has 0 fully saturated rings. The number of benzene rings is 2. The topological polar surface area (TPSA) is 76.7 Å². The number of urea groups is 1. The van der Waals surface area contributed by atoms with E-state index < -0.39 is 17.8 Å². The molecule has 2 rings (SSSR count). The predicted octanol–water partition coefficient (Wildman–Crippen LogP) is 3.20. The highest BCUT2D eigenvalue weighted by Crippen LogP contribution is 2.14. The molecule has 2 amide bonds. The number of hydrogen-bond donors (Lipinski definition) is 2. The third kappa shape index (κ3) is 5.80. The largest absolute Gasteiger partial charge is 0.489 e. The molecule has 0 spiro atoms. The third-order valence-corrected chi connectivity index (χ3v) is 3.14. The summed E-state index contributed by atoms with van der Waals surface area (Å²) in [7, 11) is 0. The summed E-state index contributed by atoms with van der Waals surface area (Å²) < 4.78 is 23.5. The molecule has 7 heteroatoms. The molecule has 2 N–H and O–H groups in total. The van der Waals surface area contributed by atoms with Gasteiger partial charge in [0.2, 0.25) is 0 Å². The molecule has 0 atom stereocenters. The number of rotatable bonds is 7. The highest BCUT2D eigenvalue weighted by atomic mass is 19.1. The number of hydrogen-bond acceptors (Lipinski definition) is 4. The van der Waals surface area contributed by atoms with Gasteiger partial charge >= 0.3 is 12.0 Å².